The third kappa shape index (κ3) is 4.95. The summed E-state index contributed by atoms with van der Waals surface area (Å²) in [5.41, 5.74) is 1.81. The Labute approximate surface area is 180 Å². The van der Waals surface area contributed by atoms with E-state index in [-0.39, 0.29) is 24.8 Å². The molecule has 0 fully saturated rings. The summed E-state index contributed by atoms with van der Waals surface area (Å²) in [5, 5.41) is 7.63. The van der Waals surface area contributed by atoms with E-state index in [4.69, 9.17) is 0 Å². The number of nitrogens with one attached hydrogen (secondary N) is 2. The van der Waals surface area contributed by atoms with Gasteiger partial charge in [0.15, 0.2) is 0 Å². The molecule has 2 amide bonds. The lowest BCUT2D eigenvalue weighted by molar-refractivity contribution is -0.125. The molecule has 0 unspecified atom stereocenters. The minimum Gasteiger partial charge on any atom is -0.350 e. The molecule has 156 valence electrons. The van der Waals surface area contributed by atoms with Crippen molar-refractivity contribution in [3.8, 4) is 5.82 Å². The van der Waals surface area contributed by atoms with Crippen LogP contribution >= 0.6 is 0 Å². The predicted molar refractivity (Wildman–Crippen MR) is 119 cm³/mol. The van der Waals surface area contributed by atoms with E-state index >= 15 is 0 Å². The molecule has 0 saturated carbocycles. The van der Waals surface area contributed by atoms with Crippen molar-refractivity contribution >= 4 is 22.6 Å². The summed E-state index contributed by atoms with van der Waals surface area (Å²) in [6.07, 6.45) is 5.52. The third-order valence-electron chi connectivity index (χ3n) is 5.05. The van der Waals surface area contributed by atoms with Gasteiger partial charge >= 0.3 is 0 Å². The van der Waals surface area contributed by atoms with Crippen LogP contribution in [0.3, 0.4) is 0 Å². The molecule has 4 aromatic rings. The number of hydrogen-bond acceptors (Lipinski definition) is 4. The lowest BCUT2D eigenvalue weighted by atomic mass is 10.0. The highest BCUT2D eigenvalue weighted by Crippen LogP contribution is 2.18. The maximum atomic E-state index is 12.3. The number of pyridine rings is 1. The summed E-state index contributed by atoms with van der Waals surface area (Å²) >= 11 is 0. The van der Waals surface area contributed by atoms with Gasteiger partial charge in [-0.3, -0.25) is 14.2 Å². The van der Waals surface area contributed by atoms with Crippen LogP contribution in [0.5, 0.6) is 0 Å². The van der Waals surface area contributed by atoms with Crippen LogP contribution in [-0.4, -0.2) is 32.9 Å². The van der Waals surface area contributed by atoms with Gasteiger partial charge in [-0.1, -0.05) is 48.5 Å². The Kier molecular flexibility index (Phi) is 6.03. The zero-order valence-corrected chi connectivity index (χ0v) is 17.2. The molecule has 0 bridgehead atoms. The van der Waals surface area contributed by atoms with Crippen LogP contribution in [0, 0.1) is 6.92 Å². The van der Waals surface area contributed by atoms with Crippen molar-refractivity contribution in [3.05, 3.63) is 90.1 Å². The highest BCUT2D eigenvalue weighted by atomic mass is 16.2. The van der Waals surface area contributed by atoms with Gasteiger partial charge in [0.2, 0.25) is 11.8 Å². The number of carbonyl (C=O) groups excluding carboxylic acids is 2. The summed E-state index contributed by atoms with van der Waals surface area (Å²) in [4.78, 5) is 33.0. The minimum atomic E-state index is -0.249. The van der Waals surface area contributed by atoms with E-state index in [2.05, 4.69) is 20.6 Å². The van der Waals surface area contributed by atoms with E-state index in [9.17, 15) is 9.59 Å². The zero-order valence-electron chi connectivity index (χ0n) is 17.2. The van der Waals surface area contributed by atoms with Gasteiger partial charge in [-0.2, -0.15) is 0 Å². The SMILES string of the molecule is Cc1nccn1-c1ccc(CNC(=O)CNC(=O)Cc2cccc3ccccc23)cn1. The van der Waals surface area contributed by atoms with Gasteiger partial charge in [0, 0.05) is 25.1 Å². The number of carbonyl (C=O) groups is 2. The van der Waals surface area contributed by atoms with Gasteiger partial charge in [0.25, 0.3) is 0 Å². The molecule has 7 nitrogen and oxygen atoms in total. The van der Waals surface area contributed by atoms with Crippen molar-refractivity contribution in [1.82, 2.24) is 25.2 Å². The number of imidazole rings is 1. The monoisotopic (exact) mass is 413 g/mol. The molecule has 31 heavy (non-hydrogen) atoms. The second kappa shape index (κ2) is 9.21. The quantitative estimate of drug-likeness (QED) is 0.488. The van der Waals surface area contributed by atoms with Crippen molar-refractivity contribution in [2.45, 2.75) is 19.9 Å². The molecule has 4 rings (SSSR count). The van der Waals surface area contributed by atoms with Crippen LogP contribution in [0.4, 0.5) is 0 Å². The van der Waals surface area contributed by atoms with Gasteiger partial charge in [-0.25, -0.2) is 9.97 Å². The average Bonchev–Trinajstić information content (AvgIpc) is 3.23. The molecule has 2 N–H and O–H groups in total. The van der Waals surface area contributed by atoms with Crippen LogP contribution in [0.1, 0.15) is 17.0 Å². The van der Waals surface area contributed by atoms with Gasteiger partial charge in [-0.05, 0) is 34.9 Å². The van der Waals surface area contributed by atoms with Gasteiger partial charge < -0.3 is 10.6 Å². The van der Waals surface area contributed by atoms with Crippen molar-refractivity contribution in [3.63, 3.8) is 0 Å². The Morgan fingerprint density at radius 2 is 1.77 bits per heavy atom. The maximum absolute atomic E-state index is 12.3. The van der Waals surface area contributed by atoms with Crippen molar-refractivity contribution < 1.29 is 9.59 Å². The van der Waals surface area contributed by atoms with E-state index in [1.165, 1.54) is 0 Å². The molecule has 0 spiro atoms. The largest absolute Gasteiger partial charge is 0.350 e. The Bertz CT molecular complexity index is 1210. The van der Waals surface area contributed by atoms with Crippen LogP contribution in [0.2, 0.25) is 0 Å². The van der Waals surface area contributed by atoms with Crippen molar-refractivity contribution in [2.24, 2.45) is 0 Å². The smallest absolute Gasteiger partial charge is 0.239 e. The summed E-state index contributed by atoms with van der Waals surface area (Å²) in [6.45, 7) is 2.18. The second-order valence-corrected chi connectivity index (χ2v) is 7.24. The second-order valence-electron chi connectivity index (χ2n) is 7.24. The fourth-order valence-electron chi connectivity index (χ4n) is 3.41. The topological polar surface area (TPSA) is 88.9 Å². The summed E-state index contributed by atoms with van der Waals surface area (Å²) < 4.78 is 1.88. The van der Waals surface area contributed by atoms with E-state index in [0.29, 0.717) is 6.54 Å². The first kappa shape index (κ1) is 20.3. The molecular formula is C24H23N5O2. The number of hydrogen-bond donors (Lipinski definition) is 2. The number of rotatable bonds is 7. The Hall–Kier alpha value is -4.00. The van der Waals surface area contributed by atoms with Crippen molar-refractivity contribution in [1.29, 1.82) is 0 Å². The van der Waals surface area contributed by atoms with Gasteiger partial charge in [0.1, 0.15) is 11.6 Å². The van der Waals surface area contributed by atoms with E-state index < -0.39 is 0 Å². The van der Waals surface area contributed by atoms with Crippen LogP contribution in [0.25, 0.3) is 16.6 Å². The van der Waals surface area contributed by atoms with Crippen LogP contribution in [0.15, 0.2) is 73.2 Å². The minimum absolute atomic E-state index is 0.0661. The maximum Gasteiger partial charge on any atom is 0.239 e. The van der Waals surface area contributed by atoms with E-state index in [1.54, 1.807) is 12.4 Å². The molecule has 2 aromatic heterocycles. The molecular weight excluding hydrogens is 390 g/mol. The fourth-order valence-corrected chi connectivity index (χ4v) is 3.41. The number of fused-ring (bicyclic) bond motifs is 1. The fraction of sp³-hybridized carbons (Fsp3) is 0.167. The molecule has 0 radical (unpaired) electrons. The Balaban J connectivity index is 1.25. The predicted octanol–water partition coefficient (Wildman–Crippen LogP) is 2.70. The van der Waals surface area contributed by atoms with E-state index in [0.717, 1.165) is 33.5 Å². The van der Waals surface area contributed by atoms with Gasteiger partial charge in [-0.15, -0.1) is 0 Å². The number of nitrogens with zero attached hydrogens (tertiary/aromatic N) is 3. The number of benzene rings is 2. The Morgan fingerprint density at radius 1 is 0.935 bits per heavy atom. The summed E-state index contributed by atoms with van der Waals surface area (Å²) in [7, 11) is 0. The first-order chi connectivity index (χ1) is 15.1. The van der Waals surface area contributed by atoms with Crippen LogP contribution < -0.4 is 10.6 Å². The number of amides is 2. The highest BCUT2D eigenvalue weighted by Gasteiger charge is 2.09. The normalized spacial score (nSPS) is 10.7. The molecule has 7 heteroatoms. The van der Waals surface area contributed by atoms with Crippen LogP contribution in [-0.2, 0) is 22.6 Å². The van der Waals surface area contributed by atoms with Gasteiger partial charge in [0.05, 0.1) is 13.0 Å². The average molecular weight is 413 g/mol. The summed E-state index contributed by atoms with van der Waals surface area (Å²) in [5.74, 6) is 1.19. The lowest BCUT2D eigenvalue weighted by Crippen LogP contribution is -2.37. The molecule has 0 aliphatic rings. The lowest BCUT2D eigenvalue weighted by Gasteiger charge is -2.09. The molecule has 0 saturated heterocycles. The van der Waals surface area contributed by atoms with Crippen molar-refractivity contribution in [2.75, 3.05) is 6.54 Å². The molecule has 0 atom stereocenters. The number of aromatic nitrogens is 3. The molecule has 0 aliphatic carbocycles. The third-order valence-corrected chi connectivity index (χ3v) is 5.05. The first-order valence-electron chi connectivity index (χ1n) is 10.1. The zero-order chi connectivity index (χ0) is 21.6. The first-order valence-corrected chi connectivity index (χ1v) is 10.1. The van der Waals surface area contributed by atoms with E-state index in [1.807, 2.05) is 72.3 Å². The standard InChI is InChI=1S/C24H23N5O2/c1-17-25-11-12-29(17)22-10-9-18(14-26-22)15-27-24(31)16-28-23(30)13-20-7-4-6-19-5-2-3-8-21(19)20/h2-12,14H,13,15-16H2,1H3,(H,27,31)(H,28,30). The molecule has 2 aromatic carbocycles. The number of aryl methyl sites for hydroxylation is 1. The highest BCUT2D eigenvalue weighted by molar-refractivity contribution is 5.91. The molecule has 2 heterocycles. The Morgan fingerprint density at radius 3 is 2.55 bits per heavy atom. The molecule has 0 aliphatic heterocycles. The summed E-state index contributed by atoms with van der Waals surface area (Å²) in [6, 6.07) is 17.6.